The number of hydrogen-bond acceptors (Lipinski definition) is 5. The van der Waals surface area contributed by atoms with Crippen LogP contribution in [0.1, 0.15) is 0 Å². The van der Waals surface area contributed by atoms with Crippen molar-refractivity contribution in [2.45, 2.75) is 6.11 Å². The molecule has 0 saturated carbocycles. The van der Waals surface area contributed by atoms with E-state index in [1.54, 1.807) is 0 Å². The number of nitro benzene ring substituents is 1. The summed E-state index contributed by atoms with van der Waals surface area (Å²) in [5, 5.41) is 18.8. The molecule has 9 heteroatoms. The fraction of sp³-hybridized carbons (Fsp3) is 0.222. The topological polar surface area (TPSA) is 98.9 Å². The molecule has 0 saturated heterocycles. The molecule has 1 N–H and O–H groups in total. The van der Waals surface area contributed by atoms with Gasteiger partial charge in [-0.25, -0.2) is 4.79 Å². The van der Waals surface area contributed by atoms with E-state index >= 15 is 0 Å². The Morgan fingerprint density at radius 3 is 2.56 bits per heavy atom. The highest BCUT2D eigenvalue weighted by molar-refractivity contribution is 5.74. The molecule has 1 rings (SSSR count). The second kappa shape index (κ2) is 4.82. The Hall–Kier alpha value is -2.45. The number of carboxylic acids is 1. The van der Waals surface area contributed by atoms with Gasteiger partial charge in [-0.05, 0) is 12.1 Å². The molecule has 98 valence electrons. The van der Waals surface area contributed by atoms with E-state index in [1.807, 2.05) is 0 Å². The normalized spacial score (nSPS) is 10.8. The first kappa shape index (κ1) is 13.6. The van der Waals surface area contributed by atoms with Crippen LogP contribution < -0.4 is 9.47 Å². The van der Waals surface area contributed by atoms with Crippen molar-refractivity contribution >= 4 is 11.7 Å². The second-order valence-corrected chi connectivity index (χ2v) is 3.01. The van der Waals surface area contributed by atoms with Crippen LogP contribution in [0.4, 0.5) is 14.5 Å². The third-order valence-electron chi connectivity index (χ3n) is 1.85. The van der Waals surface area contributed by atoms with Gasteiger partial charge in [0.15, 0.2) is 0 Å². The highest BCUT2D eigenvalue weighted by Gasteiger charge is 2.44. The summed E-state index contributed by atoms with van der Waals surface area (Å²) in [7, 11) is 1.23. The maximum Gasteiger partial charge on any atom is 0.502 e. The minimum Gasteiger partial charge on any atom is -0.496 e. The minimum atomic E-state index is -4.56. The molecule has 0 amide bonds. The summed E-state index contributed by atoms with van der Waals surface area (Å²) < 4.78 is 34.1. The molecule has 0 bridgehead atoms. The van der Waals surface area contributed by atoms with E-state index in [4.69, 9.17) is 5.11 Å². The number of alkyl halides is 2. The van der Waals surface area contributed by atoms with Gasteiger partial charge in [-0.3, -0.25) is 10.1 Å². The van der Waals surface area contributed by atoms with Crippen molar-refractivity contribution in [1.82, 2.24) is 0 Å². The molecule has 0 aromatic heterocycles. The fourth-order valence-electron chi connectivity index (χ4n) is 1.03. The van der Waals surface area contributed by atoms with Crippen molar-refractivity contribution in [2.24, 2.45) is 0 Å². The molecule has 1 aromatic carbocycles. The first-order chi connectivity index (χ1) is 8.27. The van der Waals surface area contributed by atoms with Gasteiger partial charge in [-0.2, -0.15) is 8.78 Å². The Labute approximate surface area is 98.7 Å². The van der Waals surface area contributed by atoms with Crippen molar-refractivity contribution in [3.63, 3.8) is 0 Å². The van der Waals surface area contributed by atoms with Crippen molar-refractivity contribution in [3.8, 4) is 11.5 Å². The summed E-state index contributed by atoms with van der Waals surface area (Å²) in [4.78, 5) is 19.8. The standard InChI is InChI=1S/C9H7F2NO6/c1-17-5-2-3-7(6(4-5)12(15)16)18-9(10,11)8(13)14/h2-4H,1H3,(H,13,14). The zero-order valence-corrected chi connectivity index (χ0v) is 8.92. The van der Waals surface area contributed by atoms with Crippen LogP contribution in [0.15, 0.2) is 18.2 Å². The molecule has 18 heavy (non-hydrogen) atoms. The number of carbonyl (C=O) groups is 1. The molecule has 7 nitrogen and oxygen atoms in total. The summed E-state index contributed by atoms with van der Waals surface area (Å²) >= 11 is 0. The van der Waals surface area contributed by atoms with Crippen molar-refractivity contribution in [3.05, 3.63) is 28.3 Å². The highest BCUT2D eigenvalue weighted by Crippen LogP contribution is 2.34. The summed E-state index contributed by atoms with van der Waals surface area (Å²) in [5.74, 6) is -3.37. The molecule has 0 fully saturated rings. The van der Waals surface area contributed by atoms with Crippen molar-refractivity contribution in [1.29, 1.82) is 0 Å². The van der Waals surface area contributed by atoms with Crippen LogP contribution in [-0.4, -0.2) is 29.2 Å². The molecule has 1 aromatic rings. The number of nitrogens with zero attached hydrogens (tertiary/aromatic N) is 1. The number of halogens is 2. The van der Waals surface area contributed by atoms with Gasteiger partial charge in [0.1, 0.15) is 5.75 Å². The van der Waals surface area contributed by atoms with Crippen molar-refractivity contribution < 1.29 is 33.1 Å². The first-order valence-corrected chi connectivity index (χ1v) is 4.40. The van der Waals surface area contributed by atoms with Crippen LogP contribution in [0.25, 0.3) is 0 Å². The lowest BCUT2D eigenvalue weighted by Gasteiger charge is -2.13. The zero-order valence-electron chi connectivity index (χ0n) is 8.92. The average molecular weight is 263 g/mol. The van der Waals surface area contributed by atoms with E-state index < -0.39 is 28.4 Å². The van der Waals surface area contributed by atoms with Gasteiger partial charge >= 0.3 is 17.8 Å². The molecule has 0 spiro atoms. The predicted molar refractivity (Wildman–Crippen MR) is 52.9 cm³/mol. The highest BCUT2D eigenvalue weighted by atomic mass is 19.3. The van der Waals surface area contributed by atoms with Gasteiger partial charge in [-0.15, -0.1) is 0 Å². The van der Waals surface area contributed by atoms with Gasteiger partial charge in [-0.1, -0.05) is 0 Å². The van der Waals surface area contributed by atoms with Crippen molar-refractivity contribution in [2.75, 3.05) is 7.11 Å². The number of carboxylic acid groups (broad SMARTS) is 1. The van der Waals surface area contributed by atoms with Crippen LogP contribution in [-0.2, 0) is 4.79 Å². The van der Waals surface area contributed by atoms with E-state index in [0.29, 0.717) is 0 Å². The Bertz CT molecular complexity index is 490. The number of hydrogen-bond donors (Lipinski definition) is 1. The lowest BCUT2D eigenvalue weighted by atomic mass is 10.3. The molecule has 0 radical (unpaired) electrons. The third kappa shape index (κ3) is 2.81. The van der Waals surface area contributed by atoms with Crippen LogP contribution in [0.3, 0.4) is 0 Å². The number of aliphatic carboxylic acids is 1. The molecule has 0 aliphatic heterocycles. The largest absolute Gasteiger partial charge is 0.502 e. The Morgan fingerprint density at radius 1 is 1.50 bits per heavy atom. The Balaban J connectivity index is 3.17. The summed E-state index contributed by atoms with van der Waals surface area (Å²) in [6.45, 7) is 0. The molecule has 0 unspecified atom stereocenters. The molecule has 0 atom stereocenters. The zero-order chi connectivity index (χ0) is 13.9. The Kier molecular flexibility index (Phi) is 3.64. The van der Waals surface area contributed by atoms with Crippen LogP contribution in [0.2, 0.25) is 0 Å². The number of ether oxygens (including phenoxy) is 2. The molecule has 0 aliphatic rings. The monoisotopic (exact) mass is 263 g/mol. The summed E-state index contributed by atoms with van der Waals surface area (Å²) in [5.41, 5.74) is -0.824. The minimum absolute atomic E-state index is 0.0488. The third-order valence-corrected chi connectivity index (χ3v) is 1.85. The van der Waals surface area contributed by atoms with E-state index in [-0.39, 0.29) is 5.75 Å². The first-order valence-electron chi connectivity index (χ1n) is 4.40. The number of benzene rings is 1. The summed E-state index contributed by atoms with van der Waals surface area (Å²) in [6.07, 6.45) is -4.56. The number of methoxy groups -OCH3 is 1. The van der Waals surface area contributed by atoms with Crippen LogP contribution in [0.5, 0.6) is 11.5 Å². The average Bonchev–Trinajstić information content (AvgIpc) is 2.28. The van der Waals surface area contributed by atoms with Crippen LogP contribution >= 0.6 is 0 Å². The van der Waals surface area contributed by atoms with Crippen LogP contribution in [0, 0.1) is 10.1 Å². The maximum absolute atomic E-state index is 12.8. The molecular weight excluding hydrogens is 256 g/mol. The fourth-order valence-corrected chi connectivity index (χ4v) is 1.03. The molecule has 0 heterocycles. The van der Waals surface area contributed by atoms with E-state index in [1.165, 1.54) is 7.11 Å². The van der Waals surface area contributed by atoms with Gasteiger partial charge < -0.3 is 14.6 Å². The van der Waals surface area contributed by atoms with Gasteiger partial charge in [0.25, 0.3) is 0 Å². The Morgan fingerprint density at radius 2 is 2.11 bits per heavy atom. The SMILES string of the molecule is COc1ccc(OC(F)(F)C(=O)O)c([N+](=O)[O-])c1. The quantitative estimate of drug-likeness (QED) is 0.640. The number of rotatable bonds is 5. The predicted octanol–water partition coefficient (Wildman–Crippen LogP) is 1.66. The molecule has 0 aliphatic carbocycles. The van der Waals surface area contributed by atoms with Gasteiger partial charge in [0, 0.05) is 0 Å². The van der Waals surface area contributed by atoms with Gasteiger partial charge in [0.05, 0.1) is 18.1 Å². The van der Waals surface area contributed by atoms with Gasteiger partial charge in [0.2, 0.25) is 5.75 Å². The summed E-state index contributed by atoms with van der Waals surface area (Å²) in [6, 6.07) is 2.79. The van der Waals surface area contributed by atoms with E-state index in [9.17, 15) is 23.7 Å². The lowest BCUT2D eigenvalue weighted by molar-refractivity contribution is -0.387. The second-order valence-electron chi connectivity index (χ2n) is 3.01. The molecular formula is C9H7F2NO6. The maximum atomic E-state index is 12.8. The smallest absolute Gasteiger partial charge is 0.496 e. The number of nitro groups is 1. The van der Waals surface area contributed by atoms with E-state index in [2.05, 4.69) is 9.47 Å². The lowest BCUT2D eigenvalue weighted by Crippen LogP contribution is -2.34. The van der Waals surface area contributed by atoms with E-state index in [0.717, 1.165) is 18.2 Å².